The minimum Gasteiger partial charge on any atom is -0.373 e. The average molecular weight is 388 g/mol. The number of hydrogen-bond donors (Lipinski definition) is 1. The van der Waals surface area contributed by atoms with Crippen molar-refractivity contribution < 1.29 is 17.9 Å². The lowest BCUT2D eigenvalue weighted by molar-refractivity contribution is -0.0440. The Kier molecular flexibility index (Phi) is 5.64. The van der Waals surface area contributed by atoms with Crippen LogP contribution in [-0.4, -0.2) is 43.9 Å². The zero-order valence-electron chi connectivity index (χ0n) is 15.7. The van der Waals surface area contributed by atoms with Gasteiger partial charge in [-0.2, -0.15) is 4.31 Å². The maximum atomic E-state index is 12.9. The lowest BCUT2D eigenvalue weighted by Gasteiger charge is -2.34. The van der Waals surface area contributed by atoms with E-state index in [2.05, 4.69) is 5.32 Å². The van der Waals surface area contributed by atoms with Gasteiger partial charge in [-0.05, 0) is 56.7 Å². The summed E-state index contributed by atoms with van der Waals surface area (Å²) in [5.74, 6) is -0.223. The highest BCUT2D eigenvalue weighted by Gasteiger charge is 2.32. The van der Waals surface area contributed by atoms with Gasteiger partial charge in [-0.1, -0.05) is 18.2 Å². The summed E-state index contributed by atoms with van der Waals surface area (Å²) >= 11 is 0. The minimum absolute atomic E-state index is 0.142. The molecule has 2 aromatic rings. The van der Waals surface area contributed by atoms with Crippen LogP contribution in [0.1, 0.15) is 29.8 Å². The Labute approximate surface area is 160 Å². The first-order valence-electron chi connectivity index (χ1n) is 8.90. The summed E-state index contributed by atoms with van der Waals surface area (Å²) in [4.78, 5) is 12.6. The van der Waals surface area contributed by atoms with Gasteiger partial charge in [0.2, 0.25) is 10.0 Å². The normalized spacial score (nSPS) is 21.0. The second-order valence-corrected chi connectivity index (χ2v) is 8.81. The van der Waals surface area contributed by atoms with Crippen LogP contribution in [0, 0.1) is 6.92 Å². The maximum Gasteiger partial charge on any atom is 0.255 e. The van der Waals surface area contributed by atoms with E-state index in [1.54, 1.807) is 18.2 Å². The fourth-order valence-electron chi connectivity index (χ4n) is 3.21. The van der Waals surface area contributed by atoms with Gasteiger partial charge < -0.3 is 10.1 Å². The standard InChI is InChI=1S/C20H24N2O4S/c1-14-6-4-5-7-19(14)20(23)21-17-8-10-18(11-9-17)27(24,25)22-12-15(2)26-16(3)13-22/h4-11,15-16H,12-13H2,1-3H3,(H,21,23)/t15-,16-/m1/s1. The molecule has 1 amide bonds. The topological polar surface area (TPSA) is 75.7 Å². The van der Waals surface area contributed by atoms with Crippen molar-refractivity contribution in [3.05, 3.63) is 59.7 Å². The molecule has 6 nitrogen and oxygen atoms in total. The first kappa shape index (κ1) is 19.5. The van der Waals surface area contributed by atoms with Crippen LogP contribution in [0.25, 0.3) is 0 Å². The van der Waals surface area contributed by atoms with E-state index in [0.717, 1.165) is 5.56 Å². The minimum atomic E-state index is -3.59. The van der Waals surface area contributed by atoms with E-state index < -0.39 is 10.0 Å². The molecule has 1 aliphatic rings. The number of nitrogens with one attached hydrogen (secondary N) is 1. The van der Waals surface area contributed by atoms with Gasteiger partial charge in [0.05, 0.1) is 17.1 Å². The third kappa shape index (κ3) is 4.37. The largest absolute Gasteiger partial charge is 0.373 e. The maximum absolute atomic E-state index is 12.9. The molecular weight excluding hydrogens is 364 g/mol. The van der Waals surface area contributed by atoms with Crippen LogP contribution >= 0.6 is 0 Å². The molecule has 0 bridgehead atoms. The number of amides is 1. The molecule has 1 fully saturated rings. The number of ether oxygens (including phenoxy) is 1. The van der Waals surface area contributed by atoms with E-state index >= 15 is 0 Å². The molecule has 0 unspecified atom stereocenters. The van der Waals surface area contributed by atoms with Crippen molar-refractivity contribution in [1.29, 1.82) is 0 Å². The third-order valence-corrected chi connectivity index (χ3v) is 6.37. The predicted molar refractivity (Wildman–Crippen MR) is 104 cm³/mol. The molecule has 2 aromatic carbocycles. The Bertz CT molecular complexity index is 915. The number of hydrogen-bond acceptors (Lipinski definition) is 4. The van der Waals surface area contributed by atoms with E-state index in [-0.39, 0.29) is 23.0 Å². The molecule has 0 aromatic heterocycles. The summed E-state index contributed by atoms with van der Waals surface area (Å²) in [5.41, 5.74) is 2.01. The molecule has 144 valence electrons. The Morgan fingerprint density at radius 3 is 2.22 bits per heavy atom. The Morgan fingerprint density at radius 1 is 1.04 bits per heavy atom. The van der Waals surface area contributed by atoms with Gasteiger partial charge >= 0.3 is 0 Å². The Balaban J connectivity index is 1.75. The van der Waals surface area contributed by atoms with Gasteiger partial charge in [0.1, 0.15) is 0 Å². The van der Waals surface area contributed by atoms with E-state index in [1.165, 1.54) is 16.4 Å². The van der Waals surface area contributed by atoms with E-state index in [4.69, 9.17) is 4.74 Å². The average Bonchev–Trinajstić information content (AvgIpc) is 2.61. The van der Waals surface area contributed by atoms with Crippen LogP contribution in [0.3, 0.4) is 0 Å². The predicted octanol–water partition coefficient (Wildman–Crippen LogP) is 3.05. The number of carbonyl (C=O) groups excluding carboxylic acids is 1. The molecule has 2 atom stereocenters. The summed E-state index contributed by atoms with van der Waals surface area (Å²) in [6.07, 6.45) is -0.285. The van der Waals surface area contributed by atoms with Crippen LogP contribution < -0.4 is 5.32 Å². The van der Waals surface area contributed by atoms with Crippen molar-refractivity contribution in [1.82, 2.24) is 4.31 Å². The molecule has 0 radical (unpaired) electrons. The quantitative estimate of drug-likeness (QED) is 0.873. The molecule has 1 heterocycles. The van der Waals surface area contributed by atoms with Crippen LogP contribution in [0.4, 0.5) is 5.69 Å². The fraction of sp³-hybridized carbons (Fsp3) is 0.350. The lowest BCUT2D eigenvalue weighted by atomic mass is 10.1. The second kappa shape index (κ2) is 7.80. The number of anilines is 1. The fourth-order valence-corrected chi connectivity index (χ4v) is 4.80. The van der Waals surface area contributed by atoms with Crippen molar-refractivity contribution in [2.75, 3.05) is 18.4 Å². The number of nitrogens with zero attached hydrogens (tertiary/aromatic N) is 1. The van der Waals surface area contributed by atoms with Crippen LogP contribution in [0.15, 0.2) is 53.4 Å². The highest BCUT2D eigenvalue weighted by molar-refractivity contribution is 7.89. The Morgan fingerprint density at radius 2 is 1.63 bits per heavy atom. The van der Waals surface area contributed by atoms with E-state index in [0.29, 0.717) is 24.3 Å². The number of aryl methyl sites for hydroxylation is 1. The van der Waals surface area contributed by atoms with E-state index in [1.807, 2.05) is 39.0 Å². The van der Waals surface area contributed by atoms with Gasteiger partial charge in [-0.15, -0.1) is 0 Å². The highest BCUT2D eigenvalue weighted by Crippen LogP contribution is 2.23. The van der Waals surface area contributed by atoms with Crippen LogP contribution in [0.2, 0.25) is 0 Å². The first-order valence-corrected chi connectivity index (χ1v) is 10.3. The number of morpholine rings is 1. The molecule has 0 aliphatic carbocycles. The highest BCUT2D eigenvalue weighted by atomic mass is 32.2. The molecule has 0 saturated carbocycles. The first-order chi connectivity index (χ1) is 12.8. The van der Waals surface area contributed by atoms with Crippen molar-refractivity contribution in [3.8, 4) is 0 Å². The molecule has 1 aliphatic heterocycles. The van der Waals surface area contributed by atoms with Gasteiger partial charge in [0.15, 0.2) is 0 Å². The van der Waals surface area contributed by atoms with Gasteiger partial charge in [0.25, 0.3) is 5.91 Å². The lowest BCUT2D eigenvalue weighted by Crippen LogP contribution is -2.48. The molecule has 7 heteroatoms. The molecular formula is C20H24N2O4S. The smallest absolute Gasteiger partial charge is 0.255 e. The molecule has 27 heavy (non-hydrogen) atoms. The summed E-state index contributed by atoms with van der Waals surface area (Å²) in [7, 11) is -3.59. The number of sulfonamides is 1. The van der Waals surface area contributed by atoms with Gasteiger partial charge in [-0.3, -0.25) is 4.79 Å². The number of rotatable bonds is 4. The number of benzene rings is 2. The summed E-state index contributed by atoms with van der Waals surface area (Å²) in [6.45, 7) is 6.26. The summed E-state index contributed by atoms with van der Waals surface area (Å²) < 4.78 is 32.8. The molecule has 3 rings (SSSR count). The van der Waals surface area contributed by atoms with Crippen LogP contribution in [-0.2, 0) is 14.8 Å². The molecule has 1 saturated heterocycles. The number of carbonyl (C=O) groups is 1. The van der Waals surface area contributed by atoms with E-state index in [9.17, 15) is 13.2 Å². The third-order valence-electron chi connectivity index (χ3n) is 4.53. The van der Waals surface area contributed by atoms with Gasteiger partial charge in [-0.25, -0.2) is 8.42 Å². The van der Waals surface area contributed by atoms with Crippen molar-refractivity contribution >= 4 is 21.6 Å². The molecule has 1 N–H and O–H groups in total. The van der Waals surface area contributed by atoms with Gasteiger partial charge in [0, 0.05) is 24.3 Å². The second-order valence-electron chi connectivity index (χ2n) is 6.87. The van der Waals surface area contributed by atoms with Crippen molar-refractivity contribution in [2.24, 2.45) is 0 Å². The van der Waals surface area contributed by atoms with Crippen molar-refractivity contribution in [2.45, 2.75) is 37.9 Å². The zero-order valence-corrected chi connectivity index (χ0v) is 16.5. The molecule has 0 spiro atoms. The summed E-state index contributed by atoms with van der Waals surface area (Å²) in [5, 5.41) is 2.80. The monoisotopic (exact) mass is 388 g/mol. The SMILES string of the molecule is Cc1ccccc1C(=O)Nc1ccc(S(=O)(=O)N2C[C@@H](C)O[C@H](C)C2)cc1. The zero-order chi connectivity index (χ0) is 19.6. The van der Waals surface area contributed by atoms with Crippen LogP contribution in [0.5, 0.6) is 0 Å². The van der Waals surface area contributed by atoms with Crippen molar-refractivity contribution in [3.63, 3.8) is 0 Å². The summed E-state index contributed by atoms with van der Waals surface area (Å²) in [6, 6.07) is 13.6. The Hall–Kier alpha value is -2.22.